The number of benzene rings is 2. The van der Waals surface area contributed by atoms with E-state index < -0.39 is 0 Å². The van der Waals surface area contributed by atoms with Gasteiger partial charge in [0.15, 0.2) is 17.5 Å². The van der Waals surface area contributed by atoms with Gasteiger partial charge < -0.3 is 25.3 Å². The molecule has 0 aliphatic carbocycles. The number of rotatable bonds is 5. The first-order chi connectivity index (χ1) is 11.3. The summed E-state index contributed by atoms with van der Waals surface area (Å²) < 4.78 is 15.9. The molecule has 0 bridgehead atoms. The van der Waals surface area contributed by atoms with Crippen molar-refractivity contribution in [1.82, 2.24) is 0 Å². The van der Waals surface area contributed by atoms with Gasteiger partial charge in [0, 0.05) is 6.54 Å². The van der Waals surface area contributed by atoms with E-state index in [0.29, 0.717) is 12.5 Å². The van der Waals surface area contributed by atoms with E-state index in [1.807, 2.05) is 42.5 Å². The normalized spacial score (nSPS) is 12.5. The number of aliphatic imine (C=N–C) groups is 1. The predicted octanol–water partition coefficient (Wildman–Crippen LogP) is 3.01. The number of hydrogen-bond acceptors (Lipinski definition) is 4. The van der Waals surface area contributed by atoms with Crippen LogP contribution in [0.5, 0.6) is 17.2 Å². The highest BCUT2D eigenvalue weighted by Crippen LogP contribution is 2.32. The number of fused-ring (bicyclic) bond motifs is 1. The zero-order valence-electron chi connectivity index (χ0n) is 13.3. The Morgan fingerprint density at radius 3 is 2.83 bits per heavy atom. The fraction of sp³-hybridized carbons (Fsp3) is 0.235. The summed E-state index contributed by atoms with van der Waals surface area (Å²) in [5.74, 6) is 2.65. The Kier molecular flexibility index (Phi) is 6.53. The molecule has 6 nitrogen and oxygen atoms in total. The van der Waals surface area contributed by atoms with Gasteiger partial charge in [-0.1, -0.05) is 18.2 Å². The van der Waals surface area contributed by atoms with Crippen molar-refractivity contribution in [1.29, 1.82) is 0 Å². The summed E-state index contributed by atoms with van der Waals surface area (Å²) in [5, 5.41) is 3.05. The average molecular weight is 441 g/mol. The van der Waals surface area contributed by atoms with Crippen LogP contribution in [0.1, 0.15) is 5.56 Å². The molecule has 1 aliphatic heterocycles. The summed E-state index contributed by atoms with van der Waals surface area (Å²) in [6.45, 7) is 0.861. The van der Waals surface area contributed by atoms with E-state index in [-0.39, 0.29) is 30.8 Å². The van der Waals surface area contributed by atoms with Crippen molar-refractivity contribution in [3.63, 3.8) is 0 Å². The SMILES string of the molecule is COc1ccccc1NC(N)=NCCc1ccc2c(c1)OCO2.I. The van der Waals surface area contributed by atoms with Crippen LogP contribution in [0.25, 0.3) is 0 Å². The van der Waals surface area contributed by atoms with Gasteiger partial charge in [-0.3, -0.25) is 4.99 Å². The smallest absolute Gasteiger partial charge is 0.231 e. The predicted molar refractivity (Wildman–Crippen MR) is 105 cm³/mol. The number of halogens is 1. The average Bonchev–Trinajstić information content (AvgIpc) is 3.03. The minimum atomic E-state index is 0. The fourth-order valence-corrected chi connectivity index (χ4v) is 2.33. The van der Waals surface area contributed by atoms with E-state index in [1.165, 1.54) is 0 Å². The van der Waals surface area contributed by atoms with Crippen LogP contribution in [0.15, 0.2) is 47.5 Å². The van der Waals surface area contributed by atoms with Crippen molar-refractivity contribution in [2.45, 2.75) is 6.42 Å². The number of anilines is 1. The molecule has 0 fully saturated rings. The summed E-state index contributed by atoms with van der Waals surface area (Å²) in [5.41, 5.74) is 7.84. The maximum absolute atomic E-state index is 5.92. The highest BCUT2D eigenvalue weighted by atomic mass is 127. The van der Waals surface area contributed by atoms with Crippen molar-refractivity contribution < 1.29 is 14.2 Å². The molecule has 2 aromatic rings. The third-order valence-corrected chi connectivity index (χ3v) is 3.49. The molecule has 0 saturated carbocycles. The Morgan fingerprint density at radius 2 is 2.00 bits per heavy atom. The Morgan fingerprint density at radius 1 is 1.21 bits per heavy atom. The summed E-state index contributed by atoms with van der Waals surface area (Å²) in [7, 11) is 1.62. The molecule has 0 unspecified atom stereocenters. The summed E-state index contributed by atoms with van der Waals surface area (Å²) in [4.78, 5) is 4.34. The van der Waals surface area contributed by atoms with Crippen LogP contribution >= 0.6 is 24.0 Å². The number of nitrogens with zero attached hydrogens (tertiary/aromatic N) is 1. The lowest BCUT2D eigenvalue weighted by atomic mass is 10.1. The topological polar surface area (TPSA) is 78.1 Å². The van der Waals surface area contributed by atoms with Gasteiger partial charge in [0.1, 0.15) is 5.75 Å². The van der Waals surface area contributed by atoms with Crippen molar-refractivity contribution in [3.05, 3.63) is 48.0 Å². The Bertz CT molecular complexity index is 722. The molecule has 7 heteroatoms. The molecule has 24 heavy (non-hydrogen) atoms. The summed E-state index contributed by atoms with van der Waals surface area (Å²) in [6.07, 6.45) is 0.769. The van der Waals surface area contributed by atoms with Gasteiger partial charge in [0.2, 0.25) is 6.79 Å². The minimum Gasteiger partial charge on any atom is -0.495 e. The van der Waals surface area contributed by atoms with Crippen LogP contribution < -0.4 is 25.3 Å². The molecule has 1 aliphatic rings. The van der Waals surface area contributed by atoms with Crippen molar-refractivity contribution in [2.24, 2.45) is 10.7 Å². The largest absolute Gasteiger partial charge is 0.495 e. The molecule has 0 spiro atoms. The number of ether oxygens (including phenoxy) is 3. The second-order valence-corrected chi connectivity index (χ2v) is 5.03. The Balaban J connectivity index is 0.00000208. The maximum atomic E-state index is 5.92. The molecule has 128 valence electrons. The Hall–Kier alpha value is -2.16. The molecule has 2 aromatic carbocycles. The Labute approximate surface area is 158 Å². The summed E-state index contributed by atoms with van der Waals surface area (Å²) >= 11 is 0. The first kappa shape index (κ1) is 18.2. The molecule has 3 N–H and O–H groups in total. The molecule has 0 aromatic heterocycles. The van der Waals surface area contributed by atoms with Crippen molar-refractivity contribution >= 4 is 35.6 Å². The van der Waals surface area contributed by atoms with E-state index in [9.17, 15) is 0 Å². The lowest BCUT2D eigenvalue weighted by Crippen LogP contribution is -2.23. The number of nitrogens with two attached hydrogens (primary N) is 1. The zero-order chi connectivity index (χ0) is 16.1. The second-order valence-electron chi connectivity index (χ2n) is 5.03. The van der Waals surface area contributed by atoms with Crippen LogP contribution in [0, 0.1) is 0 Å². The maximum Gasteiger partial charge on any atom is 0.231 e. The lowest BCUT2D eigenvalue weighted by Gasteiger charge is -2.10. The first-order valence-corrected chi connectivity index (χ1v) is 7.35. The van der Waals surface area contributed by atoms with Crippen LogP contribution in [0.3, 0.4) is 0 Å². The molecule has 0 saturated heterocycles. The van der Waals surface area contributed by atoms with E-state index in [0.717, 1.165) is 34.9 Å². The quantitative estimate of drug-likeness (QED) is 0.424. The van der Waals surface area contributed by atoms with Gasteiger partial charge in [0.25, 0.3) is 0 Å². The highest BCUT2D eigenvalue weighted by Gasteiger charge is 2.12. The monoisotopic (exact) mass is 441 g/mol. The molecule has 0 radical (unpaired) electrons. The van der Waals surface area contributed by atoms with E-state index in [1.54, 1.807) is 7.11 Å². The summed E-state index contributed by atoms with van der Waals surface area (Å²) in [6, 6.07) is 13.5. The zero-order valence-corrected chi connectivity index (χ0v) is 15.7. The van der Waals surface area contributed by atoms with Gasteiger partial charge in [0.05, 0.1) is 12.8 Å². The van der Waals surface area contributed by atoms with Gasteiger partial charge in [-0.25, -0.2) is 0 Å². The molecule has 0 amide bonds. The number of hydrogen-bond donors (Lipinski definition) is 2. The van der Waals surface area contributed by atoms with Gasteiger partial charge in [-0.15, -0.1) is 24.0 Å². The van der Waals surface area contributed by atoms with Crippen molar-refractivity contribution in [2.75, 3.05) is 25.8 Å². The minimum absolute atomic E-state index is 0. The van der Waals surface area contributed by atoms with Crippen LogP contribution in [0.2, 0.25) is 0 Å². The third-order valence-electron chi connectivity index (χ3n) is 3.49. The number of guanidine groups is 1. The lowest BCUT2D eigenvalue weighted by molar-refractivity contribution is 0.174. The molecular weight excluding hydrogens is 421 g/mol. The van der Waals surface area contributed by atoms with Gasteiger partial charge in [-0.05, 0) is 36.2 Å². The second kappa shape index (κ2) is 8.62. The molecule has 0 atom stereocenters. The molecular formula is C17H20IN3O3. The van der Waals surface area contributed by atoms with Crippen molar-refractivity contribution in [3.8, 4) is 17.2 Å². The van der Waals surface area contributed by atoms with Crippen LogP contribution in [-0.4, -0.2) is 26.4 Å². The van der Waals surface area contributed by atoms with E-state index in [4.69, 9.17) is 19.9 Å². The third kappa shape index (κ3) is 4.44. The van der Waals surface area contributed by atoms with Gasteiger partial charge >= 0.3 is 0 Å². The van der Waals surface area contributed by atoms with E-state index in [2.05, 4.69) is 10.3 Å². The van der Waals surface area contributed by atoms with Crippen LogP contribution in [0.4, 0.5) is 5.69 Å². The fourth-order valence-electron chi connectivity index (χ4n) is 2.33. The number of methoxy groups -OCH3 is 1. The number of para-hydroxylation sites is 2. The standard InChI is InChI=1S/C17H19N3O3.HI/c1-21-14-5-3-2-4-13(14)20-17(18)19-9-8-12-6-7-15-16(10-12)23-11-22-15;/h2-7,10H,8-9,11H2,1H3,(H3,18,19,20);1H. The molecule has 1 heterocycles. The van der Waals surface area contributed by atoms with E-state index >= 15 is 0 Å². The highest BCUT2D eigenvalue weighted by molar-refractivity contribution is 14.0. The first-order valence-electron chi connectivity index (χ1n) is 7.35. The van der Waals surface area contributed by atoms with Gasteiger partial charge in [-0.2, -0.15) is 0 Å². The number of nitrogens with one attached hydrogen (secondary N) is 1. The van der Waals surface area contributed by atoms with Crippen LogP contribution in [-0.2, 0) is 6.42 Å². The molecule has 3 rings (SSSR count).